The summed E-state index contributed by atoms with van der Waals surface area (Å²) in [7, 11) is 0. The molecule has 28 heavy (non-hydrogen) atoms. The van der Waals surface area contributed by atoms with Crippen LogP contribution in [0.4, 0.5) is 5.69 Å². The van der Waals surface area contributed by atoms with Gasteiger partial charge in [0, 0.05) is 12.8 Å². The van der Waals surface area contributed by atoms with Gasteiger partial charge in [-0.25, -0.2) is 4.79 Å². The molecule has 2 aromatic heterocycles. The summed E-state index contributed by atoms with van der Waals surface area (Å²) < 4.78 is 12.6. The molecule has 0 radical (unpaired) electrons. The average molecular weight is 379 g/mol. The van der Waals surface area contributed by atoms with Gasteiger partial charge in [0.1, 0.15) is 17.4 Å². The highest BCUT2D eigenvalue weighted by molar-refractivity contribution is 6.04. The number of nitrogens with zero attached hydrogens (tertiary/aromatic N) is 2. The Bertz CT molecular complexity index is 1030. The Hall–Kier alpha value is -3.19. The van der Waals surface area contributed by atoms with Gasteiger partial charge in [0.15, 0.2) is 0 Å². The molecule has 0 spiro atoms. The zero-order chi connectivity index (χ0) is 19.5. The highest BCUT2D eigenvalue weighted by Gasteiger charge is 2.24. The number of rotatable bonds is 5. The van der Waals surface area contributed by atoms with Crippen LogP contribution in [0.1, 0.15) is 46.2 Å². The van der Waals surface area contributed by atoms with Crippen LogP contribution in [-0.2, 0) is 11.3 Å². The molecular weight excluding hydrogens is 358 g/mol. The van der Waals surface area contributed by atoms with E-state index in [2.05, 4.69) is 10.4 Å². The Labute approximate surface area is 161 Å². The molecule has 0 saturated carbocycles. The lowest BCUT2D eigenvalue weighted by molar-refractivity contribution is 0.0895. The minimum Gasteiger partial charge on any atom is -0.424 e. The predicted molar refractivity (Wildman–Crippen MR) is 103 cm³/mol. The number of benzene rings is 1. The number of carbonyl (C=O) groups is 1. The fraction of sp³-hybridized carbons (Fsp3) is 0.286. The molecule has 1 amide bonds. The van der Waals surface area contributed by atoms with Crippen molar-refractivity contribution < 1.29 is 13.9 Å². The molecule has 4 rings (SSSR count). The fourth-order valence-corrected chi connectivity index (χ4v) is 3.35. The van der Waals surface area contributed by atoms with E-state index in [1.807, 2.05) is 30.3 Å². The van der Waals surface area contributed by atoms with E-state index in [1.54, 1.807) is 30.1 Å². The van der Waals surface area contributed by atoms with Crippen LogP contribution in [0.15, 0.2) is 58.0 Å². The van der Waals surface area contributed by atoms with Gasteiger partial charge in [-0.2, -0.15) is 5.10 Å². The second-order valence-corrected chi connectivity index (χ2v) is 6.86. The molecule has 1 aromatic carbocycles. The summed E-state index contributed by atoms with van der Waals surface area (Å²) in [5.41, 5.74) is 1.53. The van der Waals surface area contributed by atoms with E-state index < -0.39 is 11.5 Å². The van der Waals surface area contributed by atoms with E-state index in [9.17, 15) is 9.59 Å². The molecule has 7 heteroatoms. The maximum absolute atomic E-state index is 12.6. The number of aromatic nitrogens is 2. The van der Waals surface area contributed by atoms with Crippen LogP contribution in [0.5, 0.6) is 0 Å². The van der Waals surface area contributed by atoms with Gasteiger partial charge in [-0.3, -0.25) is 9.48 Å². The standard InChI is InChI=1S/C21H21N3O4/c1-14-10-18(17-8-5-9-27-17)28-21(26)19(14)20(25)23-16-11-22-24(13-16)12-15-6-3-2-4-7-15/h2-4,6-7,10-11,13,17H,5,8-9,12H2,1H3,(H,23,25). The van der Waals surface area contributed by atoms with Crippen LogP contribution in [0, 0.1) is 6.92 Å². The van der Waals surface area contributed by atoms with Gasteiger partial charge in [-0.05, 0) is 37.0 Å². The van der Waals surface area contributed by atoms with Gasteiger partial charge in [-0.15, -0.1) is 0 Å². The number of anilines is 1. The molecule has 144 valence electrons. The molecule has 1 unspecified atom stereocenters. The lowest BCUT2D eigenvalue weighted by Gasteiger charge is -2.10. The third-order valence-corrected chi connectivity index (χ3v) is 4.72. The van der Waals surface area contributed by atoms with E-state index in [4.69, 9.17) is 9.15 Å². The van der Waals surface area contributed by atoms with Gasteiger partial charge < -0.3 is 14.5 Å². The van der Waals surface area contributed by atoms with E-state index in [0.29, 0.717) is 30.2 Å². The van der Waals surface area contributed by atoms with Gasteiger partial charge >= 0.3 is 5.63 Å². The first-order chi connectivity index (χ1) is 13.6. The summed E-state index contributed by atoms with van der Waals surface area (Å²) in [5.74, 6) is -0.0309. The van der Waals surface area contributed by atoms with Crippen LogP contribution in [0.3, 0.4) is 0 Å². The number of amides is 1. The number of nitrogens with one attached hydrogen (secondary N) is 1. The first-order valence-electron chi connectivity index (χ1n) is 9.24. The zero-order valence-corrected chi connectivity index (χ0v) is 15.6. The molecule has 0 aliphatic carbocycles. The van der Waals surface area contributed by atoms with Crippen molar-refractivity contribution in [2.75, 3.05) is 11.9 Å². The highest BCUT2D eigenvalue weighted by atomic mass is 16.5. The van der Waals surface area contributed by atoms with Crippen molar-refractivity contribution in [1.82, 2.24) is 9.78 Å². The maximum atomic E-state index is 12.6. The summed E-state index contributed by atoms with van der Waals surface area (Å²) in [6, 6.07) is 11.6. The van der Waals surface area contributed by atoms with Crippen LogP contribution in [0.2, 0.25) is 0 Å². The van der Waals surface area contributed by atoms with Crippen molar-refractivity contribution in [3.05, 3.63) is 81.7 Å². The molecule has 1 aliphatic rings. The predicted octanol–water partition coefficient (Wildman–Crippen LogP) is 3.30. The normalized spacial score (nSPS) is 16.2. The van der Waals surface area contributed by atoms with Crippen molar-refractivity contribution in [1.29, 1.82) is 0 Å². The van der Waals surface area contributed by atoms with Crippen LogP contribution in [-0.4, -0.2) is 22.3 Å². The Balaban J connectivity index is 1.49. The second kappa shape index (κ2) is 7.82. The summed E-state index contributed by atoms with van der Waals surface area (Å²) in [6.45, 7) is 2.97. The van der Waals surface area contributed by atoms with E-state index in [-0.39, 0.29) is 11.7 Å². The lowest BCUT2D eigenvalue weighted by atomic mass is 10.1. The first kappa shape index (κ1) is 18.2. The summed E-state index contributed by atoms with van der Waals surface area (Å²) in [6.07, 6.45) is 4.82. The molecule has 3 aromatic rings. The SMILES string of the molecule is Cc1cc(C2CCCO2)oc(=O)c1C(=O)Nc1cnn(Cc2ccccc2)c1. The van der Waals surface area contributed by atoms with E-state index in [0.717, 1.165) is 18.4 Å². The van der Waals surface area contributed by atoms with Crippen LogP contribution in [0.25, 0.3) is 0 Å². The first-order valence-corrected chi connectivity index (χ1v) is 9.24. The van der Waals surface area contributed by atoms with Gasteiger partial charge in [0.05, 0.1) is 18.4 Å². The monoisotopic (exact) mass is 379 g/mol. The zero-order valence-electron chi connectivity index (χ0n) is 15.6. The Morgan fingerprint density at radius 2 is 2.14 bits per heavy atom. The van der Waals surface area contributed by atoms with Crippen LogP contribution >= 0.6 is 0 Å². The molecule has 1 aliphatic heterocycles. The summed E-state index contributed by atoms with van der Waals surface area (Å²) in [4.78, 5) is 25.0. The topological polar surface area (TPSA) is 86.4 Å². The van der Waals surface area contributed by atoms with Gasteiger partial charge in [-0.1, -0.05) is 30.3 Å². The molecule has 3 heterocycles. The maximum Gasteiger partial charge on any atom is 0.349 e. The van der Waals surface area contributed by atoms with Crippen molar-refractivity contribution in [2.45, 2.75) is 32.4 Å². The van der Waals surface area contributed by atoms with Crippen molar-refractivity contribution in [3.63, 3.8) is 0 Å². The van der Waals surface area contributed by atoms with Crippen LogP contribution < -0.4 is 10.9 Å². The van der Waals surface area contributed by atoms with E-state index >= 15 is 0 Å². The number of carbonyl (C=O) groups excluding carboxylic acids is 1. The smallest absolute Gasteiger partial charge is 0.349 e. The molecular formula is C21H21N3O4. The lowest BCUT2D eigenvalue weighted by Crippen LogP contribution is -2.23. The molecule has 1 saturated heterocycles. The third-order valence-electron chi connectivity index (χ3n) is 4.72. The van der Waals surface area contributed by atoms with E-state index in [1.165, 1.54) is 0 Å². The largest absolute Gasteiger partial charge is 0.424 e. The number of hydrogen-bond donors (Lipinski definition) is 1. The molecule has 1 fully saturated rings. The third kappa shape index (κ3) is 3.89. The minimum atomic E-state index is -0.653. The Kier molecular flexibility index (Phi) is 5.08. The Morgan fingerprint density at radius 3 is 2.86 bits per heavy atom. The molecule has 0 bridgehead atoms. The number of aryl methyl sites for hydroxylation is 1. The summed E-state index contributed by atoms with van der Waals surface area (Å²) in [5, 5.41) is 6.97. The fourth-order valence-electron chi connectivity index (χ4n) is 3.35. The quantitative estimate of drug-likeness (QED) is 0.735. The molecule has 1 atom stereocenters. The average Bonchev–Trinajstić information content (AvgIpc) is 3.34. The molecule has 7 nitrogen and oxygen atoms in total. The molecule has 1 N–H and O–H groups in total. The van der Waals surface area contributed by atoms with Crippen molar-refractivity contribution in [2.24, 2.45) is 0 Å². The van der Waals surface area contributed by atoms with Crippen molar-refractivity contribution >= 4 is 11.6 Å². The number of ether oxygens (including phenoxy) is 1. The van der Waals surface area contributed by atoms with Gasteiger partial charge in [0.2, 0.25) is 0 Å². The number of hydrogen-bond acceptors (Lipinski definition) is 5. The Morgan fingerprint density at radius 1 is 1.32 bits per heavy atom. The summed E-state index contributed by atoms with van der Waals surface area (Å²) >= 11 is 0. The van der Waals surface area contributed by atoms with Crippen molar-refractivity contribution in [3.8, 4) is 0 Å². The van der Waals surface area contributed by atoms with Gasteiger partial charge in [0.25, 0.3) is 5.91 Å². The second-order valence-electron chi connectivity index (χ2n) is 6.86. The minimum absolute atomic E-state index is 0.00226. The highest BCUT2D eigenvalue weighted by Crippen LogP contribution is 2.28.